The number of carboxylic acid groups (broad SMARTS) is 1. The Bertz CT molecular complexity index is 2230. The first-order valence-electron chi connectivity index (χ1n) is 16.6. The van der Waals surface area contributed by atoms with E-state index in [2.05, 4.69) is 4.98 Å². The zero-order chi connectivity index (χ0) is 35.8. The second-order valence-electron chi connectivity index (χ2n) is 15.4. The SMILES string of the molecule is CC1CC(C)(C)Cc2c1cc1c(c2S(=O)(=O)[O-])Oc2c(S(=O)(=O)[O-])c3c(cc2=C1c1nccn1CCCCCC(=O)[O-])C(C)CC(C)(C)C=3. The Morgan fingerprint density at radius 3 is 2.27 bits per heavy atom. The molecule has 2 heterocycles. The molecule has 6 rings (SSSR count). The first-order chi connectivity index (χ1) is 22.7. The first kappa shape index (κ1) is 35.3. The Balaban J connectivity index is 1.75. The van der Waals surface area contributed by atoms with Crippen molar-refractivity contribution in [2.45, 2.75) is 115 Å². The highest BCUT2D eigenvalue weighted by Crippen LogP contribution is 2.51. The molecular formula is C36H41N2O9S2-3. The number of hydrogen-bond donors (Lipinski definition) is 0. The van der Waals surface area contributed by atoms with Gasteiger partial charge in [0.15, 0.2) is 11.5 Å². The van der Waals surface area contributed by atoms with E-state index in [1.165, 1.54) is 0 Å². The lowest BCUT2D eigenvalue weighted by molar-refractivity contribution is -0.305. The van der Waals surface area contributed by atoms with Crippen LogP contribution in [0.4, 0.5) is 0 Å². The number of hydrogen-bond acceptors (Lipinski definition) is 10. The Morgan fingerprint density at radius 2 is 1.61 bits per heavy atom. The molecule has 0 fully saturated rings. The fraction of sp³-hybridized carbons (Fsp3) is 0.500. The summed E-state index contributed by atoms with van der Waals surface area (Å²) < 4.78 is 87.7. The van der Waals surface area contributed by atoms with Crippen molar-refractivity contribution in [1.82, 2.24) is 9.55 Å². The summed E-state index contributed by atoms with van der Waals surface area (Å²) in [6.07, 6.45) is 8.28. The lowest BCUT2D eigenvalue weighted by Gasteiger charge is -2.39. The van der Waals surface area contributed by atoms with Crippen LogP contribution in [0.1, 0.15) is 120 Å². The first-order valence-corrected chi connectivity index (χ1v) is 19.5. The normalized spacial score (nSPS) is 20.7. The minimum atomic E-state index is -5.21. The predicted molar refractivity (Wildman–Crippen MR) is 177 cm³/mol. The minimum Gasteiger partial charge on any atom is -0.744 e. The van der Waals surface area contributed by atoms with Gasteiger partial charge in [-0.15, -0.1) is 0 Å². The van der Waals surface area contributed by atoms with Gasteiger partial charge in [-0.3, -0.25) is 0 Å². The molecule has 2 unspecified atom stereocenters. The second-order valence-corrected chi connectivity index (χ2v) is 18.1. The molecule has 0 N–H and O–H groups in total. The fourth-order valence-corrected chi connectivity index (χ4v) is 10.1. The molecule has 2 aliphatic carbocycles. The Labute approximate surface area is 287 Å². The van der Waals surface area contributed by atoms with Gasteiger partial charge in [0.2, 0.25) is 0 Å². The van der Waals surface area contributed by atoms with Gasteiger partial charge in [-0.2, -0.15) is 0 Å². The molecule has 3 aliphatic rings. The maximum atomic E-state index is 13.3. The lowest BCUT2D eigenvalue weighted by atomic mass is 9.69. The van der Waals surface area contributed by atoms with Crippen LogP contribution in [0.25, 0.3) is 11.6 Å². The average molecular weight is 710 g/mol. The Morgan fingerprint density at radius 1 is 0.939 bits per heavy atom. The second kappa shape index (κ2) is 12.1. The molecule has 2 aromatic carbocycles. The van der Waals surface area contributed by atoms with E-state index < -0.39 is 41.4 Å². The zero-order valence-corrected chi connectivity index (χ0v) is 30.2. The summed E-state index contributed by atoms with van der Waals surface area (Å²) in [5, 5.41) is 11.4. The highest BCUT2D eigenvalue weighted by atomic mass is 32.2. The summed E-state index contributed by atoms with van der Waals surface area (Å²) in [7, 11) is -10.4. The van der Waals surface area contributed by atoms with Crippen LogP contribution in [0.2, 0.25) is 0 Å². The molecule has 1 aliphatic heterocycles. The highest BCUT2D eigenvalue weighted by molar-refractivity contribution is 7.86. The molecule has 49 heavy (non-hydrogen) atoms. The Hall–Kier alpha value is -3.52. The van der Waals surface area contributed by atoms with Gasteiger partial charge in [0.25, 0.3) is 0 Å². The van der Waals surface area contributed by atoms with Crippen LogP contribution in [-0.2, 0) is 38.0 Å². The molecular weight excluding hydrogens is 669 g/mol. The molecule has 0 saturated carbocycles. The smallest absolute Gasteiger partial charge is 0.153 e. The third kappa shape index (κ3) is 6.58. The number of aromatic nitrogens is 2. The zero-order valence-electron chi connectivity index (χ0n) is 28.6. The Kier molecular flexibility index (Phi) is 8.70. The van der Waals surface area contributed by atoms with Crippen LogP contribution in [0.15, 0.2) is 34.3 Å². The number of benzene rings is 2. The number of carbonyl (C=O) groups is 1. The van der Waals surface area contributed by atoms with Crippen molar-refractivity contribution in [3.63, 3.8) is 0 Å². The van der Waals surface area contributed by atoms with E-state index in [-0.39, 0.29) is 57.6 Å². The number of imidazole rings is 1. The minimum absolute atomic E-state index is 0.0671. The van der Waals surface area contributed by atoms with Crippen LogP contribution in [0, 0.1) is 10.8 Å². The fourth-order valence-electron chi connectivity index (χ4n) is 8.41. The number of unbranched alkanes of at least 4 members (excludes halogenated alkanes) is 2. The van der Waals surface area contributed by atoms with Gasteiger partial charge in [0.05, 0.1) is 0 Å². The molecule has 0 amide bonds. The number of carbonyl (C=O) groups excluding carboxylic acids is 1. The van der Waals surface area contributed by atoms with Crippen molar-refractivity contribution in [2.75, 3.05) is 0 Å². The summed E-state index contributed by atoms with van der Waals surface area (Å²) in [6.45, 7) is 12.2. The summed E-state index contributed by atoms with van der Waals surface area (Å²) in [5.41, 5.74) is 1.49. The molecule has 0 bridgehead atoms. The number of aryl methyl sites for hydroxylation is 1. The summed E-state index contributed by atoms with van der Waals surface area (Å²) in [6, 6.07) is 3.64. The van der Waals surface area contributed by atoms with Gasteiger partial charge in [0.1, 0.15) is 35.9 Å². The molecule has 264 valence electrons. The van der Waals surface area contributed by atoms with E-state index in [0.717, 1.165) is 6.42 Å². The molecule has 3 aromatic rings. The standard InChI is InChI=1S/C36H44N2O9S2/c1-20-16-35(3,4)18-26-22(20)14-24-29(34-37-11-13-38(34)12-9-7-8-10-28(39)40)25-15-23-21(2)17-36(5,6)19-27(23)33(49(44,45)46)31(25)47-30(24)32(26)48(41,42)43/h11,13-15,18,20-21H,7-10,12,16-17,19H2,1-6H3,(H,39,40)(H,41,42,43)(H,44,45,46)/p-3. The van der Waals surface area contributed by atoms with Gasteiger partial charge in [0, 0.05) is 41.3 Å². The molecule has 2 atom stereocenters. The van der Waals surface area contributed by atoms with E-state index >= 15 is 0 Å². The van der Waals surface area contributed by atoms with E-state index in [9.17, 15) is 35.8 Å². The quantitative estimate of drug-likeness (QED) is 0.183. The molecule has 13 heteroatoms. The van der Waals surface area contributed by atoms with Crippen molar-refractivity contribution in [3.05, 3.63) is 63.0 Å². The van der Waals surface area contributed by atoms with E-state index in [0.29, 0.717) is 60.3 Å². The number of ether oxygens (including phenoxy) is 1. The van der Waals surface area contributed by atoms with Crippen LogP contribution in [0.5, 0.6) is 11.5 Å². The van der Waals surface area contributed by atoms with Gasteiger partial charge in [-0.05, 0) is 95.2 Å². The highest BCUT2D eigenvalue weighted by Gasteiger charge is 2.39. The predicted octanol–water partition coefficient (Wildman–Crippen LogP) is 3.74. The number of carboxylic acids is 1. The number of fused-ring (bicyclic) bond motifs is 4. The van der Waals surface area contributed by atoms with Crippen LogP contribution < -0.4 is 20.3 Å². The molecule has 0 radical (unpaired) electrons. The lowest BCUT2D eigenvalue weighted by Crippen LogP contribution is -2.35. The molecule has 11 nitrogen and oxygen atoms in total. The maximum Gasteiger partial charge on any atom is 0.153 e. The summed E-state index contributed by atoms with van der Waals surface area (Å²) in [4.78, 5) is 14.4. The largest absolute Gasteiger partial charge is 0.744 e. The van der Waals surface area contributed by atoms with Crippen molar-refractivity contribution < 1.29 is 40.6 Å². The van der Waals surface area contributed by atoms with Gasteiger partial charge in [-0.25, -0.2) is 21.8 Å². The van der Waals surface area contributed by atoms with Crippen molar-refractivity contribution in [2.24, 2.45) is 10.8 Å². The topological polar surface area (TPSA) is 182 Å². The number of nitrogens with zero attached hydrogens (tertiary/aromatic N) is 2. The van der Waals surface area contributed by atoms with E-state index in [4.69, 9.17) is 4.74 Å². The van der Waals surface area contributed by atoms with Gasteiger partial charge in [-0.1, -0.05) is 54.0 Å². The van der Waals surface area contributed by atoms with Gasteiger partial charge < -0.3 is 28.3 Å². The summed E-state index contributed by atoms with van der Waals surface area (Å²) in [5.74, 6) is -1.65. The third-order valence-corrected chi connectivity index (χ3v) is 11.9. The van der Waals surface area contributed by atoms with Crippen molar-refractivity contribution in [3.8, 4) is 11.5 Å². The number of rotatable bonds is 9. The van der Waals surface area contributed by atoms with Crippen LogP contribution in [0.3, 0.4) is 0 Å². The van der Waals surface area contributed by atoms with Gasteiger partial charge >= 0.3 is 0 Å². The number of aliphatic carboxylic acids is 1. The molecule has 1 aromatic heterocycles. The summed E-state index contributed by atoms with van der Waals surface area (Å²) >= 11 is 0. The van der Waals surface area contributed by atoms with E-state index in [1.54, 1.807) is 18.5 Å². The van der Waals surface area contributed by atoms with E-state index in [1.807, 2.05) is 58.2 Å². The third-order valence-electron chi connectivity index (χ3n) is 10.1. The monoisotopic (exact) mass is 709 g/mol. The van der Waals surface area contributed by atoms with Crippen molar-refractivity contribution >= 4 is 37.9 Å². The van der Waals surface area contributed by atoms with Crippen LogP contribution in [-0.4, -0.2) is 41.5 Å². The van der Waals surface area contributed by atoms with Crippen molar-refractivity contribution in [1.29, 1.82) is 0 Å². The molecule has 0 saturated heterocycles. The molecule has 0 spiro atoms. The van der Waals surface area contributed by atoms with Crippen LogP contribution >= 0.6 is 0 Å². The maximum absolute atomic E-state index is 13.3. The average Bonchev–Trinajstić information content (AvgIpc) is 3.39.